The van der Waals surface area contributed by atoms with Gasteiger partial charge in [0.1, 0.15) is 17.8 Å². The predicted octanol–water partition coefficient (Wildman–Crippen LogP) is 1.88. The van der Waals surface area contributed by atoms with Gasteiger partial charge in [0, 0.05) is 26.3 Å². The van der Waals surface area contributed by atoms with Crippen molar-refractivity contribution in [3.63, 3.8) is 0 Å². The smallest absolute Gasteiger partial charge is 0.354 e. The number of alkyl halides is 3. The highest BCUT2D eigenvalue weighted by Gasteiger charge is 2.34. The van der Waals surface area contributed by atoms with Crippen LogP contribution in [-0.4, -0.2) is 56.3 Å². The zero-order valence-corrected chi connectivity index (χ0v) is 13.8. The largest absolute Gasteiger partial charge is 0.433 e. The Morgan fingerprint density at radius 2 is 2.12 bits per heavy atom. The van der Waals surface area contributed by atoms with Crippen molar-refractivity contribution in [3.8, 4) is 0 Å². The highest BCUT2D eigenvalue weighted by Crippen LogP contribution is 2.30. The molecule has 1 atom stereocenters. The molecule has 11 heteroatoms. The van der Waals surface area contributed by atoms with Gasteiger partial charge in [-0.2, -0.15) is 18.3 Å². The molecule has 0 radical (unpaired) electrons. The van der Waals surface area contributed by atoms with E-state index in [9.17, 15) is 13.2 Å². The molecule has 4 heterocycles. The van der Waals surface area contributed by atoms with Crippen molar-refractivity contribution in [2.24, 2.45) is 0 Å². The molecule has 0 aromatic carbocycles. The maximum Gasteiger partial charge on any atom is 0.433 e. The van der Waals surface area contributed by atoms with Crippen LogP contribution in [0.2, 0.25) is 0 Å². The molecule has 1 unspecified atom stereocenters. The number of nitrogens with one attached hydrogen (secondary N) is 1. The normalized spacial score (nSPS) is 17.8. The third-order valence-corrected chi connectivity index (χ3v) is 4.49. The van der Waals surface area contributed by atoms with Crippen LogP contribution in [0.1, 0.15) is 12.1 Å². The van der Waals surface area contributed by atoms with Gasteiger partial charge in [-0.1, -0.05) is 0 Å². The second kappa shape index (κ2) is 6.07. The van der Waals surface area contributed by atoms with Gasteiger partial charge in [-0.05, 0) is 12.5 Å². The van der Waals surface area contributed by atoms with E-state index in [2.05, 4.69) is 35.0 Å². The van der Waals surface area contributed by atoms with E-state index < -0.39 is 11.9 Å². The van der Waals surface area contributed by atoms with E-state index in [0.29, 0.717) is 18.7 Å². The Balaban J connectivity index is 1.54. The Labute approximate surface area is 146 Å². The highest BCUT2D eigenvalue weighted by atomic mass is 19.4. The number of aromatic amines is 1. The number of likely N-dealkylation sites (N-methyl/N-ethyl adjacent to an activating group) is 1. The fourth-order valence-electron chi connectivity index (χ4n) is 3.09. The molecule has 1 fully saturated rings. The summed E-state index contributed by atoms with van der Waals surface area (Å²) in [6, 6.07) is 0.838. The quantitative estimate of drug-likeness (QED) is 0.759. The van der Waals surface area contributed by atoms with E-state index in [0.717, 1.165) is 29.9 Å². The molecule has 136 valence electrons. The number of hydrogen-bond donors (Lipinski definition) is 1. The summed E-state index contributed by atoms with van der Waals surface area (Å²) >= 11 is 0. The second-order valence-electron chi connectivity index (χ2n) is 6.07. The van der Waals surface area contributed by atoms with Crippen molar-refractivity contribution < 1.29 is 13.2 Å². The maximum atomic E-state index is 12.9. The van der Waals surface area contributed by atoms with Gasteiger partial charge in [0.25, 0.3) is 0 Å². The van der Waals surface area contributed by atoms with Gasteiger partial charge in [-0.3, -0.25) is 5.10 Å². The average molecular weight is 364 g/mol. The summed E-state index contributed by atoms with van der Waals surface area (Å²) in [5, 5.41) is 7.59. The molecule has 4 rings (SSSR count). The molecule has 0 amide bonds. The third-order valence-electron chi connectivity index (χ3n) is 4.49. The van der Waals surface area contributed by atoms with Crippen LogP contribution in [0.15, 0.2) is 24.8 Å². The fourth-order valence-corrected chi connectivity index (χ4v) is 3.09. The molecule has 26 heavy (non-hydrogen) atoms. The van der Waals surface area contributed by atoms with Gasteiger partial charge < -0.3 is 9.80 Å². The van der Waals surface area contributed by atoms with Crippen molar-refractivity contribution in [3.05, 3.63) is 30.5 Å². The van der Waals surface area contributed by atoms with Crippen LogP contribution in [0.3, 0.4) is 0 Å². The number of fused-ring (bicyclic) bond motifs is 1. The second-order valence-corrected chi connectivity index (χ2v) is 6.07. The molecule has 0 spiro atoms. The Bertz CT molecular complexity index is 924. The number of anilines is 2. The minimum Gasteiger partial charge on any atom is -0.354 e. The Hall–Kier alpha value is -2.98. The van der Waals surface area contributed by atoms with Gasteiger partial charge in [0.2, 0.25) is 5.95 Å². The molecule has 8 nitrogen and oxygen atoms in total. The number of hydrogen-bond acceptors (Lipinski definition) is 7. The van der Waals surface area contributed by atoms with Crippen LogP contribution in [0.25, 0.3) is 11.0 Å². The van der Waals surface area contributed by atoms with Gasteiger partial charge in [0.05, 0.1) is 17.6 Å². The Morgan fingerprint density at radius 3 is 2.92 bits per heavy atom. The first-order valence-corrected chi connectivity index (χ1v) is 7.95. The molecule has 0 saturated carbocycles. The van der Waals surface area contributed by atoms with Crippen molar-refractivity contribution in [2.45, 2.75) is 18.6 Å². The first kappa shape index (κ1) is 16.5. The summed E-state index contributed by atoms with van der Waals surface area (Å²) in [6.45, 7) is 1.30. The first-order chi connectivity index (χ1) is 12.4. The van der Waals surface area contributed by atoms with Crippen molar-refractivity contribution >= 4 is 22.8 Å². The number of halogens is 3. The van der Waals surface area contributed by atoms with Crippen LogP contribution in [-0.2, 0) is 6.18 Å². The van der Waals surface area contributed by atoms with Crippen LogP contribution in [0, 0.1) is 0 Å². The molecular formula is C15H15F3N8. The summed E-state index contributed by atoms with van der Waals surface area (Å²) in [5.74, 6) is 0.812. The van der Waals surface area contributed by atoms with E-state index in [1.54, 1.807) is 18.1 Å². The van der Waals surface area contributed by atoms with Crippen LogP contribution >= 0.6 is 0 Å². The molecule has 1 saturated heterocycles. The van der Waals surface area contributed by atoms with Crippen LogP contribution in [0.4, 0.5) is 24.9 Å². The molecule has 0 bridgehead atoms. The number of nitrogens with zero attached hydrogens (tertiary/aromatic N) is 7. The third kappa shape index (κ3) is 2.89. The number of aromatic nitrogens is 6. The van der Waals surface area contributed by atoms with E-state index in [-0.39, 0.29) is 12.0 Å². The molecule has 3 aromatic heterocycles. The minimum atomic E-state index is -4.49. The summed E-state index contributed by atoms with van der Waals surface area (Å²) < 4.78 is 38.6. The summed E-state index contributed by atoms with van der Waals surface area (Å²) in [4.78, 5) is 19.8. The monoisotopic (exact) mass is 364 g/mol. The summed E-state index contributed by atoms with van der Waals surface area (Å²) in [5.41, 5.74) is -0.298. The zero-order chi connectivity index (χ0) is 18.3. The lowest BCUT2D eigenvalue weighted by Crippen LogP contribution is -2.36. The van der Waals surface area contributed by atoms with E-state index in [1.165, 1.54) is 6.33 Å². The number of H-pyrrole nitrogens is 1. The van der Waals surface area contributed by atoms with Crippen molar-refractivity contribution in [2.75, 3.05) is 29.9 Å². The van der Waals surface area contributed by atoms with Crippen molar-refractivity contribution in [1.29, 1.82) is 0 Å². The zero-order valence-electron chi connectivity index (χ0n) is 13.8. The Kier molecular flexibility index (Phi) is 3.85. The van der Waals surface area contributed by atoms with Crippen molar-refractivity contribution in [1.82, 2.24) is 30.1 Å². The van der Waals surface area contributed by atoms with E-state index in [4.69, 9.17) is 0 Å². The SMILES string of the molecule is CN(c1nccc(C(F)(F)F)n1)C1CCN(c2ncnc3[nH]ncc23)C1. The van der Waals surface area contributed by atoms with Gasteiger partial charge in [-0.15, -0.1) is 0 Å². The lowest BCUT2D eigenvalue weighted by molar-refractivity contribution is -0.141. The molecule has 1 aliphatic heterocycles. The predicted molar refractivity (Wildman–Crippen MR) is 87.7 cm³/mol. The highest BCUT2D eigenvalue weighted by molar-refractivity contribution is 5.86. The maximum absolute atomic E-state index is 12.9. The molecule has 0 aliphatic carbocycles. The summed E-state index contributed by atoms with van der Waals surface area (Å²) in [7, 11) is 1.71. The van der Waals surface area contributed by atoms with Crippen LogP contribution in [0.5, 0.6) is 0 Å². The molecule has 1 N–H and O–H groups in total. The van der Waals surface area contributed by atoms with Gasteiger partial charge >= 0.3 is 6.18 Å². The standard InChI is InChI=1S/C15H15F3N8/c1-25(14-19-4-2-11(23-14)15(16,17)18)9-3-5-26(7-9)13-10-6-22-24-12(10)20-8-21-13/h2,4,6,8-9H,3,5,7H2,1H3,(H,20,21,22,24). The topological polar surface area (TPSA) is 86.7 Å². The Morgan fingerprint density at radius 1 is 1.27 bits per heavy atom. The first-order valence-electron chi connectivity index (χ1n) is 7.95. The summed E-state index contributed by atoms with van der Waals surface area (Å²) in [6.07, 6.45) is 0.516. The minimum absolute atomic E-state index is 0.0320. The molecular weight excluding hydrogens is 349 g/mol. The van der Waals surface area contributed by atoms with E-state index in [1.807, 2.05) is 0 Å². The van der Waals surface area contributed by atoms with Gasteiger partial charge in [0.15, 0.2) is 5.65 Å². The number of rotatable bonds is 3. The molecule has 1 aliphatic rings. The molecule has 3 aromatic rings. The van der Waals surface area contributed by atoms with E-state index >= 15 is 0 Å². The van der Waals surface area contributed by atoms with Crippen LogP contribution < -0.4 is 9.80 Å². The lowest BCUT2D eigenvalue weighted by atomic mass is 10.2. The average Bonchev–Trinajstić information content (AvgIpc) is 3.29. The fraction of sp³-hybridized carbons (Fsp3) is 0.400. The van der Waals surface area contributed by atoms with Gasteiger partial charge in [-0.25, -0.2) is 19.9 Å². The lowest BCUT2D eigenvalue weighted by Gasteiger charge is -2.25.